The number of hydrogen-bond donors (Lipinski definition) is 2. The van der Waals surface area contributed by atoms with Crippen LogP contribution in [0, 0.1) is 6.92 Å². The minimum absolute atomic E-state index is 0.526. The lowest BCUT2D eigenvalue weighted by molar-refractivity contribution is 0.237. The van der Waals surface area contributed by atoms with Gasteiger partial charge in [-0.2, -0.15) is 0 Å². The molecular weight excluding hydrogens is 214 g/mol. The largest absolute Gasteiger partial charge is 0.384 e. The summed E-state index contributed by atoms with van der Waals surface area (Å²) in [6.07, 6.45) is 4.05. The van der Waals surface area contributed by atoms with Gasteiger partial charge in [-0.05, 0) is 32.9 Å². The van der Waals surface area contributed by atoms with Crippen LogP contribution in [0.1, 0.15) is 25.1 Å². The van der Waals surface area contributed by atoms with Gasteiger partial charge in [0.15, 0.2) is 0 Å². The third-order valence-corrected chi connectivity index (χ3v) is 3.04. The van der Waals surface area contributed by atoms with Gasteiger partial charge in [-0.3, -0.25) is 0 Å². The number of rotatable bonds is 4. The van der Waals surface area contributed by atoms with Crippen molar-refractivity contribution in [1.82, 2.24) is 14.9 Å². The van der Waals surface area contributed by atoms with Crippen molar-refractivity contribution in [3.63, 3.8) is 0 Å². The predicted molar refractivity (Wildman–Crippen MR) is 70.0 cm³/mol. The van der Waals surface area contributed by atoms with E-state index in [0.717, 1.165) is 18.9 Å². The average Bonchev–Trinajstić information content (AvgIpc) is 2.29. The van der Waals surface area contributed by atoms with Crippen LogP contribution in [0.3, 0.4) is 0 Å². The maximum Gasteiger partial charge on any atom is 0.131 e. The second-order valence-corrected chi connectivity index (χ2v) is 4.55. The number of likely N-dealkylation sites (tertiary alicyclic amines) is 1. The molecule has 1 aromatic rings. The van der Waals surface area contributed by atoms with E-state index in [1.165, 1.54) is 32.4 Å². The second-order valence-electron chi connectivity index (χ2n) is 4.55. The van der Waals surface area contributed by atoms with Crippen molar-refractivity contribution in [2.75, 3.05) is 37.2 Å². The average molecular weight is 235 g/mol. The molecule has 0 radical (unpaired) electrons. The Hall–Kier alpha value is -1.36. The van der Waals surface area contributed by atoms with Crippen molar-refractivity contribution in [1.29, 1.82) is 0 Å². The van der Waals surface area contributed by atoms with E-state index in [-0.39, 0.29) is 0 Å². The van der Waals surface area contributed by atoms with Crippen molar-refractivity contribution >= 4 is 11.6 Å². The summed E-state index contributed by atoms with van der Waals surface area (Å²) >= 11 is 0. The molecular formula is C12H21N5. The third kappa shape index (κ3) is 3.85. The van der Waals surface area contributed by atoms with Gasteiger partial charge in [0.25, 0.3) is 0 Å². The molecule has 2 heterocycles. The normalized spacial score (nSPS) is 17.0. The molecule has 0 aliphatic carbocycles. The molecule has 0 aromatic carbocycles. The lowest BCUT2D eigenvalue weighted by Crippen LogP contribution is -2.33. The number of aryl methyl sites for hydroxylation is 1. The molecule has 5 nitrogen and oxygen atoms in total. The van der Waals surface area contributed by atoms with E-state index < -0.39 is 0 Å². The molecule has 5 heteroatoms. The zero-order valence-electron chi connectivity index (χ0n) is 10.4. The number of aromatic nitrogens is 2. The molecule has 0 bridgehead atoms. The van der Waals surface area contributed by atoms with Gasteiger partial charge in [-0.25, -0.2) is 9.97 Å². The van der Waals surface area contributed by atoms with Crippen LogP contribution in [0.2, 0.25) is 0 Å². The highest BCUT2D eigenvalue weighted by Gasteiger charge is 2.09. The summed E-state index contributed by atoms with van der Waals surface area (Å²) in [4.78, 5) is 10.8. The van der Waals surface area contributed by atoms with E-state index in [2.05, 4.69) is 20.2 Å². The topological polar surface area (TPSA) is 67.1 Å². The first-order valence-corrected chi connectivity index (χ1v) is 6.31. The summed E-state index contributed by atoms with van der Waals surface area (Å²) < 4.78 is 0. The summed E-state index contributed by atoms with van der Waals surface area (Å²) in [6, 6.07) is 1.78. The second kappa shape index (κ2) is 5.82. The van der Waals surface area contributed by atoms with E-state index in [4.69, 9.17) is 5.73 Å². The van der Waals surface area contributed by atoms with E-state index in [0.29, 0.717) is 11.6 Å². The first-order valence-electron chi connectivity index (χ1n) is 6.31. The zero-order valence-corrected chi connectivity index (χ0v) is 10.4. The molecule has 94 valence electrons. The zero-order chi connectivity index (χ0) is 12.1. The molecule has 0 amide bonds. The molecule has 0 unspecified atom stereocenters. The van der Waals surface area contributed by atoms with Gasteiger partial charge in [0.2, 0.25) is 0 Å². The van der Waals surface area contributed by atoms with Crippen LogP contribution in [-0.2, 0) is 0 Å². The van der Waals surface area contributed by atoms with Crippen molar-refractivity contribution < 1.29 is 0 Å². The number of nitrogens with one attached hydrogen (secondary N) is 1. The van der Waals surface area contributed by atoms with Gasteiger partial charge in [0, 0.05) is 19.2 Å². The SMILES string of the molecule is Cc1nc(N)cc(NCCN2CCCCC2)n1. The summed E-state index contributed by atoms with van der Waals surface area (Å²) in [5.41, 5.74) is 5.67. The number of hydrogen-bond acceptors (Lipinski definition) is 5. The molecule has 1 aromatic heterocycles. The molecule has 0 spiro atoms. The van der Waals surface area contributed by atoms with Crippen LogP contribution in [0.5, 0.6) is 0 Å². The van der Waals surface area contributed by atoms with Crippen molar-refractivity contribution in [2.24, 2.45) is 0 Å². The quantitative estimate of drug-likeness (QED) is 0.822. The molecule has 17 heavy (non-hydrogen) atoms. The summed E-state index contributed by atoms with van der Waals surface area (Å²) in [6.45, 7) is 6.30. The fourth-order valence-electron chi connectivity index (χ4n) is 2.21. The smallest absolute Gasteiger partial charge is 0.131 e. The summed E-state index contributed by atoms with van der Waals surface area (Å²) in [7, 11) is 0. The Morgan fingerprint density at radius 2 is 2.06 bits per heavy atom. The van der Waals surface area contributed by atoms with Crippen molar-refractivity contribution in [3.8, 4) is 0 Å². The van der Waals surface area contributed by atoms with Gasteiger partial charge < -0.3 is 16.0 Å². The van der Waals surface area contributed by atoms with Crippen LogP contribution in [0.25, 0.3) is 0 Å². The third-order valence-electron chi connectivity index (χ3n) is 3.04. The van der Waals surface area contributed by atoms with Crippen LogP contribution >= 0.6 is 0 Å². The minimum Gasteiger partial charge on any atom is -0.384 e. The van der Waals surface area contributed by atoms with E-state index >= 15 is 0 Å². The molecule has 1 fully saturated rings. The van der Waals surface area contributed by atoms with Crippen molar-refractivity contribution in [2.45, 2.75) is 26.2 Å². The Bertz CT molecular complexity index is 340. The Balaban J connectivity index is 1.77. The highest BCUT2D eigenvalue weighted by atomic mass is 15.1. The maximum atomic E-state index is 5.67. The number of nitrogens with two attached hydrogens (primary N) is 1. The van der Waals surface area contributed by atoms with Crippen LogP contribution < -0.4 is 11.1 Å². The molecule has 0 saturated carbocycles. The highest BCUT2D eigenvalue weighted by molar-refractivity contribution is 5.44. The van der Waals surface area contributed by atoms with Gasteiger partial charge in [-0.1, -0.05) is 6.42 Å². The Labute approximate surface area is 102 Å². The monoisotopic (exact) mass is 235 g/mol. The highest BCUT2D eigenvalue weighted by Crippen LogP contribution is 2.09. The summed E-state index contributed by atoms with van der Waals surface area (Å²) in [5.74, 6) is 2.07. The fourth-order valence-corrected chi connectivity index (χ4v) is 2.21. The van der Waals surface area contributed by atoms with E-state index in [1.807, 2.05) is 6.92 Å². The van der Waals surface area contributed by atoms with Gasteiger partial charge in [-0.15, -0.1) is 0 Å². The molecule has 1 aliphatic rings. The predicted octanol–water partition coefficient (Wildman–Crippen LogP) is 1.27. The van der Waals surface area contributed by atoms with E-state index in [1.54, 1.807) is 6.07 Å². The Kier molecular flexibility index (Phi) is 4.14. The fraction of sp³-hybridized carbons (Fsp3) is 0.667. The first-order chi connectivity index (χ1) is 8.24. The van der Waals surface area contributed by atoms with Crippen LogP contribution in [-0.4, -0.2) is 41.0 Å². The first kappa shape index (κ1) is 12.1. The number of anilines is 2. The van der Waals surface area contributed by atoms with Gasteiger partial charge >= 0.3 is 0 Å². The van der Waals surface area contributed by atoms with E-state index in [9.17, 15) is 0 Å². The number of piperidine rings is 1. The van der Waals surface area contributed by atoms with Crippen LogP contribution in [0.15, 0.2) is 6.07 Å². The number of nitrogens with zero attached hydrogens (tertiary/aromatic N) is 3. The molecule has 2 rings (SSSR count). The lowest BCUT2D eigenvalue weighted by Gasteiger charge is -2.26. The van der Waals surface area contributed by atoms with Crippen molar-refractivity contribution in [3.05, 3.63) is 11.9 Å². The Morgan fingerprint density at radius 3 is 2.76 bits per heavy atom. The van der Waals surface area contributed by atoms with Crippen LogP contribution in [0.4, 0.5) is 11.6 Å². The molecule has 0 atom stereocenters. The van der Waals surface area contributed by atoms with Gasteiger partial charge in [0.1, 0.15) is 17.5 Å². The standard InChI is InChI=1S/C12H21N5/c1-10-15-11(13)9-12(16-10)14-5-8-17-6-3-2-4-7-17/h9H,2-8H2,1H3,(H3,13,14,15,16). The molecule has 1 saturated heterocycles. The maximum absolute atomic E-state index is 5.67. The summed E-state index contributed by atoms with van der Waals surface area (Å²) in [5, 5.41) is 3.30. The molecule has 3 N–H and O–H groups in total. The molecule has 1 aliphatic heterocycles. The number of nitrogen functional groups attached to an aromatic ring is 1. The minimum atomic E-state index is 0.526. The lowest BCUT2D eigenvalue weighted by atomic mass is 10.1. The Morgan fingerprint density at radius 1 is 1.29 bits per heavy atom. The van der Waals surface area contributed by atoms with Gasteiger partial charge in [0.05, 0.1) is 0 Å².